The highest BCUT2D eigenvalue weighted by Gasteiger charge is 2.28. The Kier molecular flexibility index (Phi) is 4.84. The number of ether oxygens (including phenoxy) is 2. The van der Waals surface area contributed by atoms with Crippen LogP contribution in [0.4, 0.5) is 0 Å². The van der Waals surface area contributed by atoms with Gasteiger partial charge in [-0.2, -0.15) is 0 Å². The minimum atomic E-state index is -0.312. The highest BCUT2D eigenvalue weighted by molar-refractivity contribution is 5.83. The number of carbonyl (C=O) groups excluding carboxylic acids is 1. The van der Waals surface area contributed by atoms with E-state index in [-0.39, 0.29) is 23.1 Å². The normalized spacial score (nSPS) is 15.3. The molecule has 0 aliphatic heterocycles. The zero-order valence-corrected chi connectivity index (χ0v) is 15.0. The van der Waals surface area contributed by atoms with Crippen LogP contribution in [-0.2, 0) is 11.2 Å². The zero-order valence-electron chi connectivity index (χ0n) is 15.0. The Hall–Kier alpha value is -3.02. The maximum atomic E-state index is 12.1. The van der Waals surface area contributed by atoms with Gasteiger partial charge in [0.15, 0.2) is 16.9 Å². The molecule has 1 aliphatic rings. The van der Waals surface area contributed by atoms with Crippen molar-refractivity contribution in [2.24, 2.45) is 0 Å². The second-order valence-electron chi connectivity index (χ2n) is 6.23. The molecule has 0 aromatic heterocycles. The minimum Gasteiger partial charge on any atom is -0.502 e. The monoisotopic (exact) mass is 355 g/mol. The maximum Gasteiger partial charge on any atom is 0.217 e. The van der Waals surface area contributed by atoms with Crippen molar-refractivity contribution in [2.75, 3.05) is 14.2 Å². The third-order valence-corrected chi connectivity index (χ3v) is 4.58. The first-order chi connectivity index (χ1) is 12.5. The molecule has 0 saturated heterocycles. The Morgan fingerprint density at radius 1 is 1.23 bits per heavy atom. The van der Waals surface area contributed by atoms with Crippen LogP contribution in [0.5, 0.6) is 17.2 Å². The largest absolute Gasteiger partial charge is 0.502 e. The van der Waals surface area contributed by atoms with Gasteiger partial charge in [-0.3, -0.25) is 9.59 Å². The number of phenolic OH excluding ortho intramolecular Hbond substituents is 1. The van der Waals surface area contributed by atoms with E-state index in [0.29, 0.717) is 35.5 Å². The molecule has 3 rings (SSSR count). The average molecular weight is 355 g/mol. The van der Waals surface area contributed by atoms with Gasteiger partial charge in [-0.05, 0) is 47.7 Å². The summed E-state index contributed by atoms with van der Waals surface area (Å²) in [6, 6.07) is 7.94. The van der Waals surface area contributed by atoms with E-state index in [2.05, 4.69) is 5.32 Å². The molecule has 0 bridgehead atoms. The molecule has 0 fully saturated rings. The third kappa shape index (κ3) is 3.10. The number of rotatable bonds is 3. The number of fused-ring (bicyclic) bond motifs is 3. The first kappa shape index (κ1) is 17.8. The first-order valence-electron chi connectivity index (χ1n) is 8.34. The lowest BCUT2D eigenvalue weighted by Crippen LogP contribution is -2.26. The Morgan fingerprint density at radius 3 is 2.65 bits per heavy atom. The van der Waals surface area contributed by atoms with E-state index in [4.69, 9.17) is 9.47 Å². The van der Waals surface area contributed by atoms with Crippen molar-refractivity contribution in [1.29, 1.82) is 0 Å². The number of methoxy groups -OCH3 is 2. The molecular weight excluding hydrogens is 334 g/mol. The molecule has 0 heterocycles. The standard InChI is InChI=1S/C20H21NO5/c1-11(22)21-16-8-7-12-9-17(25-2)19(24)20(26-3)18(12)14-6-4-5-13(23)10-15(14)16/h4-6,9-10,16,24H,7-8H2,1-3H3,(H,21,22)/t16-/m0/s1. The van der Waals surface area contributed by atoms with E-state index in [1.165, 1.54) is 33.3 Å². The number of carbonyl (C=O) groups is 1. The molecule has 26 heavy (non-hydrogen) atoms. The number of aromatic hydroxyl groups is 1. The summed E-state index contributed by atoms with van der Waals surface area (Å²) in [6.45, 7) is 1.45. The minimum absolute atomic E-state index is 0.0912. The van der Waals surface area contributed by atoms with Gasteiger partial charge in [0.2, 0.25) is 11.7 Å². The van der Waals surface area contributed by atoms with Crippen molar-refractivity contribution in [1.82, 2.24) is 5.32 Å². The van der Waals surface area contributed by atoms with Gasteiger partial charge in [-0.1, -0.05) is 12.1 Å². The summed E-state index contributed by atoms with van der Waals surface area (Å²) < 4.78 is 10.7. The van der Waals surface area contributed by atoms with Gasteiger partial charge in [0, 0.05) is 12.5 Å². The molecule has 2 N–H and O–H groups in total. The van der Waals surface area contributed by atoms with Gasteiger partial charge < -0.3 is 19.9 Å². The number of benzene rings is 1. The Morgan fingerprint density at radius 2 is 2.00 bits per heavy atom. The molecule has 0 spiro atoms. The number of hydrogen-bond acceptors (Lipinski definition) is 5. The maximum absolute atomic E-state index is 12.1. The topological polar surface area (TPSA) is 84.9 Å². The lowest BCUT2D eigenvalue weighted by atomic mass is 9.95. The fourth-order valence-corrected chi connectivity index (χ4v) is 3.50. The summed E-state index contributed by atoms with van der Waals surface area (Å²) in [5.74, 6) is 0.359. The predicted molar refractivity (Wildman–Crippen MR) is 97.8 cm³/mol. The Labute approximate surface area is 151 Å². The summed E-state index contributed by atoms with van der Waals surface area (Å²) in [5.41, 5.74) is 2.93. The Bertz CT molecular complexity index is 923. The van der Waals surface area contributed by atoms with E-state index < -0.39 is 0 Å². The van der Waals surface area contributed by atoms with Crippen LogP contribution in [0.2, 0.25) is 0 Å². The molecule has 0 radical (unpaired) electrons. The first-order valence-corrected chi connectivity index (χ1v) is 8.34. The van der Waals surface area contributed by atoms with Crippen LogP contribution in [-0.4, -0.2) is 25.2 Å². The van der Waals surface area contributed by atoms with Crippen LogP contribution in [0.1, 0.15) is 30.5 Å². The van der Waals surface area contributed by atoms with Gasteiger partial charge in [-0.25, -0.2) is 0 Å². The summed E-state index contributed by atoms with van der Waals surface area (Å²) in [5, 5.41) is 13.4. The lowest BCUT2D eigenvalue weighted by Gasteiger charge is -2.18. The van der Waals surface area contributed by atoms with Gasteiger partial charge in [0.1, 0.15) is 0 Å². The van der Waals surface area contributed by atoms with Gasteiger partial charge in [0.05, 0.1) is 20.3 Å². The third-order valence-electron chi connectivity index (χ3n) is 4.58. The van der Waals surface area contributed by atoms with Crippen molar-refractivity contribution in [3.8, 4) is 28.4 Å². The second kappa shape index (κ2) is 7.07. The zero-order chi connectivity index (χ0) is 18.8. The average Bonchev–Trinajstić information content (AvgIpc) is 2.86. The molecule has 6 nitrogen and oxygen atoms in total. The highest BCUT2D eigenvalue weighted by Crippen LogP contribution is 2.49. The number of hydrogen-bond donors (Lipinski definition) is 2. The van der Waals surface area contributed by atoms with Crippen molar-refractivity contribution < 1.29 is 19.4 Å². The van der Waals surface area contributed by atoms with E-state index >= 15 is 0 Å². The van der Waals surface area contributed by atoms with E-state index in [9.17, 15) is 14.7 Å². The van der Waals surface area contributed by atoms with Crippen LogP contribution in [0.25, 0.3) is 11.1 Å². The molecular formula is C20H21NO5. The van der Waals surface area contributed by atoms with Crippen LogP contribution in [0.15, 0.2) is 35.1 Å². The van der Waals surface area contributed by atoms with Crippen molar-refractivity contribution in [2.45, 2.75) is 25.8 Å². The highest BCUT2D eigenvalue weighted by atomic mass is 16.5. The van der Waals surface area contributed by atoms with Crippen LogP contribution in [0, 0.1) is 0 Å². The van der Waals surface area contributed by atoms with E-state index in [1.54, 1.807) is 12.1 Å². The van der Waals surface area contributed by atoms with Crippen molar-refractivity contribution in [3.05, 3.63) is 51.7 Å². The molecule has 1 amide bonds. The summed E-state index contributed by atoms with van der Waals surface area (Å²) in [7, 11) is 2.96. The van der Waals surface area contributed by atoms with E-state index in [0.717, 1.165) is 11.1 Å². The molecule has 1 aliphatic carbocycles. The summed E-state index contributed by atoms with van der Waals surface area (Å²) in [6.07, 6.45) is 1.24. The molecule has 136 valence electrons. The lowest BCUT2D eigenvalue weighted by molar-refractivity contribution is -0.119. The number of amides is 1. The summed E-state index contributed by atoms with van der Waals surface area (Å²) >= 11 is 0. The number of nitrogens with one attached hydrogen (secondary N) is 1. The fourth-order valence-electron chi connectivity index (χ4n) is 3.50. The molecule has 0 unspecified atom stereocenters. The van der Waals surface area contributed by atoms with Crippen molar-refractivity contribution in [3.63, 3.8) is 0 Å². The van der Waals surface area contributed by atoms with Crippen LogP contribution in [0.3, 0.4) is 0 Å². The quantitative estimate of drug-likeness (QED) is 0.884. The molecule has 2 aromatic rings. The predicted octanol–water partition coefficient (Wildman–Crippen LogP) is 2.56. The molecule has 2 aromatic carbocycles. The molecule has 0 saturated carbocycles. The molecule has 1 atom stereocenters. The number of phenols is 1. The number of aryl methyl sites for hydroxylation is 1. The van der Waals surface area contributed by atoms with Gasteiger partial charge in [-0.15, -0.1) is 0 Å². The van der Waals surface area contributed by atoms with Crippen LogP contribution < -0.4 is 20.2 Å². The summed E-state index contributed by atoms with van der Waals surface area (Å²) in [4.78, 5) is 23.8. The molecule has 6 heteroatoms. The van der Waals surface area contributed by atoms with Crippen molar-refractivity contribution >= 4 is 5.91 Å². The second-order valence-corrected chi connectivity index (χ2v) is 6.23. The SMILES string of the molecule is COc1cc2c(c(OC)c1O)-c1cccc(=O)cc1[C@@H](NC(C)=O)CC2. The van der Waals surface area contributed by atoms with Crippen LogP contribution >= 0.6 is 0 Å². The fraction of sp³-hybridized carbons (Fsp3) is 0.300. The Balaban J connectivity index is 2.36. The van der Waals surface area contributed by atoms with Gasteiger partial charge >= 0.3 is 0 Å². The van der Waals surface area contributed by atoms with E-state index in [1.807, 2.05) is 6.07 Å². The smallest absolute Gasteiger partial charge is 0.217 e. The van der Waals surface area contributed by atoms with Gasteiger partial charge in [0.25, 0.3) is 0 Å².